The van der Waals surface area contributed by atoms with Gasteiger partial charge < -0.3 is 37.3 Å². The summed E-state index contributed by atoms with van der Waals surface area (Å²) in [5.74, 6) is -0.203. The van der Waals surface area contributed by atoms with Crippen LogP contribution in [0.2, 0.25) is 0 Å². The van der Waals surface area contributed by atoms with Crippen molar-refractivity contribution in [1.82, 2.24) is 0 Å². The Bertz CT molecular complexity index is 210. The van der Waals surface area contributed by atoms with Crippen LogP contribution in [0.4, 0.5) is 0 Å². The van der Waals surface area contributed by atoms with Crippen LogP contribution in [0.1, 0.15) is 0 Å². The van der Waals surface area contributed by atoms with E-state index in [0.29, 0.717) is 0 Å². The van der Waals surface area contributed by atoms with Crippen LogP contribution in [0.25, 0.3) is 0 Å². The molecule has 1 rings (SSSR count). The highest BCUT2D eigenvalue weighted by Gasteiger charge is 2.44. The van der Waals surface area contributed by atoms with Gasteiger partial charge in [-0.3, -0.25) is 0 Å². The summed E-state index contributed by atoms with van der Waals surface area (Å²) in [5, 5.41) is 28.3. The van der Waals surface area contributed by atoms with Gasteiger partial charge in [-0.2, -0.15) is 0 Å². The maximum atomic E-state index is 9.71. The smallest absolute Gasteiger partial charge is 0.110 e. The van der Waals surface area contributed by atoms with Crippen molar-refractivity contribution in [2.45, 2.75) is 30.5 Å². The molecule has 0 bridgehead atoms. The molecule has 1 saturated heterocycles. The van der Waals surface area contributed by atoms with E-state index in [1.165, 1.54) is 0 Å². The summed E-state index contributed by atoms with van der Waals surface area (Å²) in [6.07, 6.45) is -3.73. The fraction of sp³-hybridized carbons (Fsp3) is 1.00. The maximum Gasteiger partial charge on any atom is 0.110 e. The molecule has 0 radical (unpaired) electrons. The molecule has 0 spiro atoms. The second-order valence-corrected chi connectivity index (χ2v) is 4.11. The van der Waals surface area contributed by atoms with Crippen LogP contribution in [-0.2, 0) is 4.74 Å². The molecule has 0 aliphatic carbocycles. The summed E-state index contributed by atoms with van der Waals surface area (Å²) in [6.45, 7) is 0.162. The first kappa shape index (κ1) is 13.8. The Labute approximate surface area is 94.2 Å². The van der Waals surface area contributed by atoms with Crippen LogP contribution in [0.3, 0.4) is 0 Å². The Morgan fingerprint density at radius 1 is 1.12 bits per heavy atom. The van der Waals surface area contributed by atoms with Gasteiger partial charge in [0.1, 0.15) is 18.3 Å². The molecule has 1 fully saturated rings. The molecule has 0 unspecified atom stereocenters. The fourth-order valence-electron chi connectivity index (χ4n) is 1.96. The predicted molar refractivity (Wildman–Crippen MR) is 57.3 cm³/mol. The van der Waals surface area contributed by atoms with Crippen molar-refractivity contribution in [2.24, 2.45) is 23.1 Å². The van der Waals surface area contributed by atoms with E-state index < -0.39 is 30.5 Å². The number of aliphatic hydroxyl groups excluding tert-OH is 3. The first-order valence-electron chi connectivity index (χ1n) is 5.35. The third-order valence-corrected chi connectivity index (χ3v) is 3.09. The van der Waals surface area contributed by atoms with Crippen LogP contribution in [-0.4, -0.2) is 65.5 Å². The van der Waals surface area contributed by atoms with Crippen LogP contribution >= 0.6 is 0 Å². The van der Waals surface area contributed by atoms with E-state index in [1.54, 1.807) is 0 Å². The number of hydrogen-bond donors (Lipinski definition) is 6. The van der Waals surface area contributed by atoms with E-state index in [9.17, 15) is 10.2 Å². The van der Waals surface area contributed by atoms with Crippen molar-refractivity contribution in [3.05, 3.63) is 0 Å². The summed E-state index contributed by atoms with van der Waals surface area (Å²) < 4.78 is 5.43. The molecule has 9 N–H and O–H groups in total. The second-order valence-electron chi connectivity index (χ2n) is 4.11. The van der Waals surface area contributed by atoms with Gasteiger partial charge in [-0.25, -0.2) is 0 Å². The first-order chi connectivity index (χ1) is 7.56. The Balaban J connectivity index is 2.77. The normalized spacial score (nSPS) is 40.3. The Morgan fingerprint density at radius 2 is 1.69 bits per heavy atom. The minimum atomic E-state index is -1.19. The molecule has 5 atom stereocenters. The lowest BCUT2D eigenvalue weighted by molar-refractivity contribution is -0.199. The SMILES string of the molecule is NCC(CN)[C@@H]1O[C@H](CO)[C@@H](O)[C@H](O)[C@H]1N. The van der Waals surface area contributed by atoms with Crippen LogP contribution in [0.5, 0.6) is 0 Å². The summed E-state index contributed by atoms with van der Waals surface area (Å²) in [7, 11) is 0. The van der Waals surface area contributed by atoms with Gasteiger partial charge in [0.05, 0.1) is 18.8 Å². The van der Waals surface area contributed by atoms with Crippen LogP contribution < -0.4 is 17.2 Å². The molecule has 0 aromatic rings. The van der Waals surface area contributed by atoms with Crippen molar-refractivity contribution >= 4 is 0 Å². The highest BCUT2D eigenvalue weighted by molar-refractivity contribution is 4.97. The molecule has 0 aromatic heterocycles. The largest absolute Gasteiger partial charge is 0.394 e. The van der Waals surface area contributed by atoms with Crippen molar-refractivity contribution in [1.29, 1.82) is 0 Å². The van der Waals surface area contributed by atoms with Gasteiger partial charge in [-0.05, 0) is 13.1 Å². The molecule has 1 aliphatic rings. The van der Waals surface area contributed by atoms with Crippen molar-refractivity contribution in [2.75, 3.05) is 19.7 Å². The van der Waals surface area contributed by atoms with E-state index in [0.717, 1.165) is 0 Å². The third kappa shape index (κ3) is 2.51. The molecule has 1 heterocycles. The quantitative estimate of drug-likeness (QED) is 0.294. The topological polar surface area (TPSA) is 148 Å². The lowest BCUT2D eigenvalue weighted by Gasteiger charge is -2.43. The van der Waals surface area contributed by atoms with Crippen molar-refractivity contribution in [3.63, 3.8) is 0 Å². The second kappa shape index (κ2) is 5.87. The maximum absolute atomic E-state index is 9.71. The van der Waals surface area contributed by atoms with E-state index >= 15 is 0 Å². The van der Waals surface area contributed by atoms with Gasteiger partial charge in [0.25, 0.3) is 0 Å². The van der Waals surface area contributed by atoms with Gasteiger partial charge in [0.2, 0.25) is 0 Å². The van der Waals surface area contributed by atoms with Crippen LogP contribution in [0.15, 0.2) is 0 Å². The number of nitrogens with two attached hydrogens (primary N) is 3. The predicted octanol–water partition coefficient (Wildman–Crippen LogP) is -3.67. The van der Waals surface area contributed by atoms with Crippen molar-refractivity contribution < 1.29 is 20.1 Å². The Kier molecular flexibility index (Phi) is 5.06. The Hall–Kier alpha value is -0.280. The molecule has 7 heteroatoms. The van der Waals surface area contributed by atoms with Crippen LogP contribution in [0, 0.1) is 5.92 Å². The molecule has 0 amide bonds. The highest BCUT2D eigenvalue weighted by atomic mass is 16.5. The fourth-order valence-corrected chi connectivity index (χ4v) is 1.96. The molecule has 7 nitrogen and oxygen atoms in total. The molecule has 0 saturated carbocycles. The molecular weight excluding hydrogens is 214 g/mol. The monoisotopic (exact) mass is 235 g/mol. The molecule has 16 heavy (non-hydrogen) atoms. The molecule has 96 valence electrons. The lowest BCUT2D eigenvalue weighted by Crippen LogP contribution is -2.64. The summed E-state index contributed by atoms with van der Waals surface area (Å²) >= 11 is 0. The van der Waals surface area contributed by atoms with Gasteiger partial charge in [0, 0.05) is 5.92 Å². The van der Waals surface area contributed by atoms with E-state index in [2.05, 4.69) is 0 Å². The number of aliphatic hydroxyl groups is 3. The average molecular weight is 235 g/mol. The number of hydrogen-bond acceptors (Lipinski definition) is 7. The minimum Gasteiger partial charge on any atom is -0.394 e. The van der Waals surface area contributed by atoms with Gasteiger partial charge in [-0.1, -0.05) is 0 Å². The van der Waals surface area contributed by atoms with E-state index in [-0.39, 0.29) is 25.6 Å². The first-order valence-corrected chi connectivity index (χ1v) is 5.35. The summed E-state index contributed by atoms with van der Waals surface area (Å²) in [4.78, 5) is 0. The van der Waals surface area contributed by atoms with Crippen molar-refractivity contribution in [3.8, 4) is 0 Å². The molecule has 0 aromatic carbocycles. The minimum absolute atomic E-state index is 0.203. The standard InChI is InChI=1S/C9H21N3O4/c10-1-4(2-11)9-6(12)8(15)7(14)5(3-13)16-9/h4-9,13-15H,1-3,10-12H2/t5-,6-,7-,8-,9+/m1/s1. The molecular formula is C9H21N3O4. The van der Waals surface area contributed by atoms with Gasteiger partial charge in [0.15, 0.2) is 0 Å². The lowest BCUT2D eigenvalue weighted by atomic mass is 9.86. The number of rotatable bonds is 4. The van der Waals surface area contributed by atoms with Gasteiger partial charge >= 0.3 is 0 Å². The van der Waals surface area contributed by atoms with Gasteiger partial charge in [-0.15, -0.1) is 0 Å². The zero-order valence-corrected chi connectivity index (χ0v) is 9.07. The summed E-state index contributed by atoms with van der Waals surface area (Å²) in [6, 6.07) is -0.755. The van der Waals surface area contributed by atoms with E-state index in [1.807, 2.05) is 0 Å². The zero-order chi connectivity index (χ0) is 12.3. The van der Waals surface area contributed by atoms with E-state index in [4.69, 9.17) is 27.0 Å². The highest BCUT2D eigenvalue weighted by Crippen LogP contribution is 2.24. The number of ether oxygens (including phenoxy) is 1. The Morgan fingerprint density at radius 3 is 2.12 bits per heavy atom. The molecule has 1 aliphatic heterocycles. The zero-order valence-electron chi connectivity index (χ0n) is 9.07. The average Bonchev–Trinajstić information content (AvgIpc) is 2.30. The third-order valence-electron chi connectivity index (χ3n) is 3.09. The summed E-state index contributed by atoms with van der Waals surface area (Å²) in [5.41, 5.74) is 16.8.